The van der Waals surface area contributed by atoms with Crippen LogP contribution in [0.1, 0.15) is 0 Å². The molecule has 5 aromatic rings. The summed E-state index contributed by atoms with van der Waals surface area (Å²) in [5, 5.41) is 19.1. The molecule has 0 saturated heterocycles. The van der Waals surface area contributed by atoms with Gasteiger partial charge < -0.3 is 5.32 Å². The predicted molar refractivity (Wildman–Crippen MR) is 115 cm³/mol. The standard InChI is InChI=1S/C21H14ClFN8/c22-12-1-2-15(23)13(8-12)19-14(10-26-28-19)16-3-4-17-18(27-16)7-11(9-25-17)20-29-30-21-24-5-6-31(20)21/h1-4,7-10H,5-6H2,(H,24,30)(H,26,28). The van der Waals surface area contributed by atoms with Crippen LogP contribution in [0.25, 0.3) is 44.9 Å². The van der Waals surface area contributed by atoms with Gasteiger partial charge in [0, 0.05) is 47.2 Å². The van der Waals surface area contributed by atoms with Gasteiger partial charge in [-0.25, -0.2) is 9.37 Å². The van der Waals surface area contributed by atoms with E-state index in [1.807, 2.05) is 22.8 Å². The highest BCUT2D eigenvalue weighted by atomic mass is 35.5. The molecule has 0 saturated carbocycles. The number of aromatic nitrogens is 7. The van der Waals surface area contributed by atoms with Gasteiger partial charge in [-0.05, 0) is 36.4 Å². The fourth-order valence-corrected chi connectivity index (χ4v) is 3.96. The number of pyridine rings is 2. The van der Waals surface area contributed by atoms with Crippen molar-refractivity contribution >= 4 is 28.6 Å². The van der Waals surface area contributed by atoms with Gasteiger partial charge in [0.05, 0.1) is 16.7 Å². The number of H-pyrrole nitrogens is 1. The van der Waals surface area contributed by atoms with Gasteiger partial charge in [-0.2, -0.15) is 5.10 Å². The van der Waals surface area contributed by atoms with E-state index >= 15 is 0 Å². The molecule has 0 atom stereocenters. The smallest absolute Gasteiger partial charge is 0.225 e. The molecule has 6 rings (SSSR count). The van der Waals surface area contributed by atoms with E-state index in [9.17, 15) is 4.39 Å². The third-order valence-electron chi connectivity index (χ3n) is 5.26. The molecule has 0 amide bonds. The molecule has 4 aromatic heterocycles. The Hall–Kier alpha value is -3.85. The minimum Gasteiger partial charge on any atom is -0.353 e. The van der Waals surface area contributed by atoms with Crippen LogP contribution in [0.5, 0.6) is 0 Å². The first-order valence-corrected chi connectivity index (χ1v) is 9.99. The Morgan fingerprint density at radius 1 is 1.03 bits per heavy atom. The van der Waals surface area contributed by atoms with Crippen molar-refractivity contribution in [2.75, 3.05) is 11.9 Å². The number of fused-ring (bicyclic) bond motifs is 2. The molecular formula is C21H14ClFN8. The fourth-order valence-electron chi connectivity index (χ4n) is 3.79. The maximum atomic E-state index is 14.4. The van der Waals surface area contributed by atoms with Gasteiger partial charge in [-0.15, -0.1) is 10.2 Å². The molecule has 0 fully saturated rings. The quantitative estimate of drug-likeness (QED) is 0.444. The van der Waals surface area contributed by atoms with E-state index in [0.29, 0.717) is 33.1 Å². The molecular weight excluding hydrogens is 419 g/mol. The average molecular weight is 433 g/mol. The molecule has 152 valence electrons. The van der Waals surface area contributed by atoms with Crippen molar-refractivity contribution in [3.8, 4) is 33.9 Å². The van der Waals surface area contributed by atoms with Gasteiger partial charge in [0.25, 0.3) is 0 Å². The Kier molecular flexibility index (Phi) is 3.97. The molecule has 0 radical (unpaired) electrons. The molecule has 1 aliphatic rings. The van der Waals surface area contributed by atoms with Crippen LogP contribution in [0.15, 0.2) is 48.8 Å². The number of benzene rings is 1. The number of hydrogen-bond acceptors (Lipinski definition) is 6. The monoisotopic (exact) mass is 432 g/mol. The molecule has 0 spiro atoms. The van der Waals surface area contributed by atoms with Crippen molar-refractivity contribution < 1.29 is 4.39 Å². The molecule has 31 heavy (non-hydrogen) atoms. The molecule has 10 heteroatoms. The Morgan fingerprint density at radius 2 is 1.97 bits per heavy atom. The first-order chi connectivity index (χ1) is 15.2. The SMILES string of the molecule is Fc1ccc(Cl)cc1-c1n[nH]cc1-c1ccc2ncc(-c3nnc4n3CCN4)cc2n1. The minimum atomic E-state index is -0.406. The zero-order valence-electron chi connectivity index (χ0n) is 16.0. The van der Waals surface area contributed by atoms with Gasteiger partial charge in [0.1, 0.15) is 11.5 Å². The normalized spacial score (nSPS) is 12.8. The second-order valence-corrected chi connectivity index (χ2v) is 7.59. The summed E-state index contributed by atoms with van der Waals surface area (Å²) in [6, 6.07) is 10.0. The lowest BCUT2D eigenvalue weighted by molar-refractivity contribution is 0.630. The number of anilines is 1. The first kappa shape index (κ1) is 18.0. The zero-order chi connectivity index (χ0) is 20.9. The molecule has 2 N–H and O–H groups in total. The van der Waals surface area contributed by atoms with E-state index < -0.39 is 5.82 Å². The van der Waals surface area contributed by atoms with E-state index in [-0.39, 0.29) is 0 Å². The summed E-state index contributed by atoms with van der Waals surface area (Å²) >= 11 is 6.07. The van der Waals surface area contributed by atoms with Gasteiger partial charge in [-0.3, -0.25) is 14.6 Å². The van der Waals surface area contributed by atoms with E-state index in [0.717, 1.165) is 35.9 Å². The number of nitrogens with one attached hydrogen (secondary N) is 2. The van der Waals surface area contributed by atoms with Crippen LogP contribution in [0.4, 0.5) is 10.3 Å². The summed E-state index contributed by atoms with van der Waals surface area (Å²) in [6.45, 7) is 1.62. The lowest BCUT2D eigenvalue weighted by Gasteiger charge is -2.07. The number of aromatic amines is 1. The fraction of sp³-hybridized carbons (Fsp3) is 0.0952. The van der Waals surface area contributed by atoms with Crippen molar-refractivity contribution in [2.24, 2.45) is 0 Å². The molecule has 5 heterocycles. The summed E-state index contributed by atoms with van der Waals surface area (Å²) < 4.78 is 16.5. The summed E-state index contributed by atoms with van der Waals surface area (Å²) in [6.07, 6.45) is 3.46. The Bertz CT molecular complexity index is 1460. The number of halogens is 2. The van der Waals surface area contributed by atoms with Crippen LogP contribution in [-0.2, 0) is 6.54 Å². The van der Waals surface area contributed by atoms with Gasteiger partial charge >= 0.3 is 0 Å². The maximum absolute atomic E-state index is 14.4. The maximum Gasteiger partial charge on any atom is 0.225 e. The molecule has 8 nitrogen and oxygen atoms in total. The molecule has 1 aliphatic heterocycles. The van der Waals surface area contributed by atoms with Crippen LogP contribution in [0.3, 0.4) is 0 Å². The van der Waals surface area contributed by atoms with Gasteiger partial charge in [0.15, 0.2) is 5.82 Å². The van der Waals surface area contributed by atoms with E-state index in [1.165, 1.54) is 12.1 Å². The van der Waals surface area contributed by atoms with Crippen molar-refractivity contribution in [2.45, 2.75) is 6.54 Å². The van der Waals surface area contributed by atoms with Crippen LogP contribution in [0.2, 0.25) is 5.02 Å². The van der Waals surface area contributed by atoms with E-state index in [4.69, 9.17) is 16.6 Å². The zero-order valence-corrected chi connectivity index (χ0v) is 16.7. The van der Waals surface area contributed by atoms with Crippen LogP contribution in [-0.4, -0.2) is 41.5 Å². The first-order valence-electron chi connectivity index (χ1n) is 9.61. The third kappa shape index (κ3) is 2.93. The summed E-state index contributed by atoms with van der Waals surface area (Å²) in [5.74, 6) is 1.09. The second-order valence-electron chi connectivity index (χ2n) is 7.16. The highest BCUT2D eigenvalue weighted by Gasteiger charge is 2.19. The van der Waals surface area contributed by atoms with E-state index in [2.05, 4.69) is 30.7 Å². The van der Waals surface area contributed by atoms with Crippen LogP contribution in [0, 0.1) is 5.82 Å². The second kappa shape index (κ2) is 6.85. The van der Waals surface area contributed by atoms with Gasteiger partial charge in [-0.1, -0.05) is 11.6 Å². The van der Waals surface area contributed by atoms with Crippen molar-refractivity contribution in [1.29, 1.82) is 0 Å². The van der Waals surface area contributed by atoms with Crippen molar-refractivity contribution in [3.63, 3.8) is 0 Å². The number of hydrogen-bond donors (Lipinski definition) is 2. The van der Waals surface area contributed by atoms with Crippen molar-refractivity contribution in [3.05, 3.63) is 59.6 Å². The predicted octanol–water partition coefficient (Wildman–Crippen LogP) is 4.16. The van der Waals surface area contributed by atoms with E-state index in [1.54, 1.807) is 18.5 Å². The molecule has 0 bridgehead atoms. The lowest BCUT2D eigenvalue weighted by Crippen LogP contribution is -1.99. The largest absolute Gasteiger partial charge is 0.353 e. The Labute approximate surface area is 180 Å². The molecule has 0 unspecified atom stereocenters. The summed E-state index contributed by atoms with van der Waals surface area (Å²) in [7, 11) is 0. The van der Waals surface area contributed by atoms with Crippen molar-refractivity contribution in [1.82, 2.24) is 34.9 Å². The minimum absolute atomic E-state index is 0.309. The summed E-state index contributed by atoms with van der Waals surface area (Å²) in [5.41, 5.74) is 4.32. The van der Waals surface area contributed by atoms with Crippen LogP contribution < -0.4 is 5.32 Å². The van der Waals surface area contributed by atoms with Gasteiger partial charge in [0.2, 0.25) is 5.95 Å². The topological polar surface area (TPSA) is 97.2 Å². The number of rotatable bonds is 3. The van der Waals surface area contributed by atoms with Crippen LogP contribution >= 0.6 is 11.6 Å². The molecule has 0 aliphatic carbocycles. The Balaban J connectivity index is 1.46. The number of nitrogens with zero attached hydrogens (tertiary/aromatic N) is 6. The Morgan fingerprint density at radius 3 is 2.90 bits per heavy atom. The lowest BCUT2D eigenvalue weighted by atomic mass is 10.0. The highest BCUT2D eigenvalue weighted by molar-refractivity contribution is 6.30. The summed E-state index contributed by atoms with van der Waals surface area (Å²) in [4.78, 5) is 9.30. The molecule has 1 aromatic carbocycles. The third-order valence-corrected chi connectivity index (χ3v) is 5.50. The average Bonchev–Trinajstić information content (AvgIpc) is 3.52. The highest BCUT2D eigenvalue weighted by Crippen LogP contribution is 2.33.